The molecule has 0 unspecified atom stereocenters. The Balaban J connectivity index is 3.05. The highest BCUT2D eigenvalue weighted by Gasteiger charge is 1.75. The summed E-state index contributed by atoms with van der Waals surface area (Å²) >= 11 is 5.72. The van der Waals surface area contributed by atoms with Gasteiger partial charge in [0.05, 0.1) is 0 Å². The van der Waals surface area contributed by atoms with Crippen LogP contribution in [0.5, 0.6) is 0 Å². The molecule has 0 spiro atoms. The summed E-state index contributed by atoms with van der Waals surface area (Å²) in [5.41, 5.74) is 5.03. The fourth-order valence-corrected chi connectivity index (χ4v) is 0.451. The molecule has 0 rings (SSSR count). The molecule has 0 amide bonds. The van der Waals surface area contributed by atoms with E-state index in [-0.39, 0.29) is 0 Å². The van der Waals surface area contributed by atoms with Crippen LogP contribution in [0.2, 0.25) is 0 Å². The zero-order chi connectivity index (χ0) is 4.99. The third-order valence-electron chi connectivity index (χ3n) is 0.199. The van der Waals surface area contributed by atoms with Crippen LogP contribution in [0.4, 0.5) is 0 Å². The first kappa shape index (κ1) is 5.98. The highest BCUT2D eigenvalue weighted by Crippen LogP contribution is 1.96. The Morgan fingerprint density at radius 3 is 2.50 bits per heavy atom. The maximum absolute atomic E-state index is 5.03. The number of hydrogen-bond acceptors (Lipinski definition) is 2. The Kier molecular flexibility index (Phi) is 3.17. The molecule has 3 heteroatoms. The predicted molar refractivity (Wildman–Crippen MR) is 34.6 cm³/mol. The summed E-state index contributed by atoms with van der Waals surface area (Å²) in [7, 11) is 0. The van der Waals surface area contributed by atoms with E-state index in [0.717, 1.165) is 0 Å². The van der Waals surface area contributed by atoms with Crippen LogP contribution in [0.3, 0.4) is 0 Å². The monoisotopic (exact) mass is 119 g/mol. The minimum absolute atomic E-state index is 0.421. The number of hydrogen-bond donors (Lipinski definition) is 1. The van der Waals surface area contributed by atoms with Crippen molar-refractivity contribution < 1.29 is 0 Å². The molecule has 0 aromatic carbocycles. The number of rotatable bonds is 1. The first-order valence-electron chi connectivity index (χ1n) is 1.34. The number of thioether (sulfide) groups is 1. The average molecular weight is 119 g/mol. The van der Waals surface area contributed by atoms with Crippen LogP contribution in [0.15, 0.2) is 12.0 Å². The van der Waals surface area contributed by atoms with Gasteiger partial charge in [-0.2, -0.15) is 0 Å². The van der Waals surface area contributed by atoms with Crippen LogP contribution in [0.1, 0.15) is 0 Å². The van der Waals surface area contributed by atoms with Gasteiger partial charge in [-0.05, 0) is 5.41 Å². The molecule has 6 heavy (non-hydrogen) atoms. The van der Waals surface area contributed by atoms with Crippen molar-refractivity contribution in [1.82, 2.24) is 0 Å². The lowest BCUT2D eigenvalue weighted by Crippen LogP contribution is -1.98. The largest absolute Gasteiger partial charge is 0.384 e. The van der Waals surface area contributed by atoms with Crippen molar-refractivity contribution in [1.29, 1.82) is 0 Å². The van der Waals surface area contributed by atoms with Crippen molar-refractivity contribution in [2.24, 2.45) is 5.73 Å². The minimum atomic E-state index is 0.421. The van der Waals surface area contributed by atoms with Gasteiger partial charge in [0.25, 0.3) is 0 Å². The molecule has 0 aromatic heterocycles. The molecule has 0 fully saturated rings. The molecule has 0 bridgehead atoms. The van der Waals surface area contributed by atoms with Crippen molar-refractivity contribution >= 4 is 28.3 Å². The van der Waals surface area contributed by atoms with Crippen LogP contribution >= 0.6 is 24.0 Å². The molecule has 0 saturated carbocycles. The normalized spacial score (nSPS) is 7.33. The van der Waals surface area contributed by atoms with Gasteiger partial charge in [-0.1, -0.05) is 30.6 Å². The highest BCUT2D eigenvalue weighted by molar-refractivity contribution is 8.24. The molecule has 0 aliphatic rings. The van der Waals surface area contributed by atoms with E-state index in [4.69, 9.17) is 5.73 Å². The smallest absolute Gasteiger partial charge is 0.135 e. The molecular formula is C3H5NS2. The average Bonchev–Trinajstić information content (AvgIpc) is 1.35. The lowest BCUT2D eigenvalue weighted by molar-refractivity contribution is 1.91. The van der Waals surface area contributed by atoms with Crippen LogP contribution in [0, 0.1) is 0 Å². The lowest BCUT2D eigenvalue weighted by atomic mass is 11.3. The van der Waals surface area contributed by atoms with Crippen molar-refractivity contribution in [3.8, 4) is 0 Å². The van der Waals surface area contributed by atoms with E-state index in [2.05, 4.69) is 18.8 Å². The summed E-state index contributed by atoms with van der Waals surface area (Å²) in [4.78, 5) is 0. The Bertz CT molecular complexity index is 69.2. The topological polar surface area (TPSA) is 26.0 Å². The maximum Gasteiger partial charge on any atom is 0.135 e. The summed E-state index contributed by atoms with van der Waals surface area (Å²) in [5, 5.41) is 1.60. The predicted octanol–water partition coefficient (Wildman–Crippen LogP) is 1.11. The van der Waals surface area contributed by atoms with Crippen LogP contribution in [-0.2, 0) is 0 Å². The fourth-order valence-electron chi connectivity index (χ4n) is 0.0821. The Labute approximate surface area is 46.6 Å². The molecule has 1 nitrogen and oxygen atoms in total. The van der Waals surface area contributed by atoms with Gasteiger partial charge >= 0.3 is 0 Å². The molecular weight excluding hydrogens is 114 g/mol. The SMILES string of the molecule is C=CSC(N)=S. The maximum atomic E-state index is 5.03. The summed E-state index contributed by atoms with van der Waals surface area (Å²) in [6.45, 7) is 3.40. The van der Waals surface area contributed by atoms with Gasteiger partial charge in [-0.25, -0.2) is 0 Å². The van der Waals surface area contributed by atoms with Gasteiger partial charge in [-0.3, -0.25) is 0 Å². The van der Waals surface area contributed by atoms with Gasteiger partial charge in [0, 0.05) is 0 Å². The second-order valence-corrected chi connectivity index (χ2v) is 2.31. The summed E-state index contributed by atoms with van der Waals surface area (Å²) in [6, 6.07) is 0. The molecule has 2 N–H and O–H groups in total. The molecule has 0 aliphatic carbocycles. The van der Waals surface area contributed by atoms with Gasteiger partial charge in [-0.15, -0.1) is 0 Å². The molecule has 0 heterocycles. The third kappa shape index (κ3) is 3.98. The van der Waals surface area contributed by atoms with Crippen molar-refractivity contribution in [2.45, 2.75) is 0 Å². The van der Waals surface area contributed by atoms with Gasteiger partial charge in [0.2, 0.25) is 0 Å². The standard InChI is InChI=1S/C3H5NS2/c1-2-6-3(4)5/h2H,1H2,(H2,4,5). The zero-order valence-corrected chi connectivity index (χ0v) is 4.81. The van der Waals surface area contributed by atoms with Gasteiger partial charge in [0.15, 0.2) is 0 Å². The second-order valence-electron chi connectivity index (χ2n) is 0.604. The third-order valence-corrected chi connectivity index (χ3v) is 0.887. The molecule has 0 radical (unpaired) electrons. The minimum Gasteiger partial charge on any atom is -0.384 e. The quantitative estimate of drug-likeness (QED) is 0.523. The fraction of sp³-hybridized carbons (Fsp3) is 0. The number of nitrogens with two attached hydrogens (primary N) is 1. The number of thiocarbonyl (C=S) groups is 1. The first-order chi connectivity index (χ1) is 2.77. The van der Waals surface area contributed by atoms with E-state index < -0.39 is 0 Å². The van der Waals surface area contributed by atoms with Crippen molar-refractivity contribution in [3.05, 3.63) is 12.0 Å². The van der Waals surface area contributed by atoms with Gasteiger partial charge in [0.1, 0.15) is 4.32 Å². The molecule has 0 aliphatic heterocycles. The van der Waals surface area contributed by atoms with E-state index in [1.807, 2.05) is 0 Å². The van der Waals surface area contributed by atoms with E-state index in [0.29, 0.717) is 4.32 Å². The van der Waals surface area contributed by atoms with Crippen molar-refractivity contribution in [3.63, 3.8) is 0 Å². The molecule has 0 atom stereocenters. The van der Waals surface area contributed by atoms with E-state index in [9.17, 15) is 0 Å². The second kappa shape index (κ2) is 3.18. The Hall–Kier alpha value is -0.0200. The summed E-state index contributed by atoms with van der Waals surface area (Å²) in [6.07, 6.45) is 0. The lowest BCUT2D eigenvalue weighted by Gasteiger charge is -1.80. The molecule has 0 aromatic rings. The summed E-state index contributed by atoms with van der Waals surface area (Å²) < 4.78 is 0.421. The zero-order valence-electron chi connectivity index (χ0n) is 3.18. The van der Waals surface area contributed by atoms with E-state index >= 15 is 0 Å². The van der Waals surface area contributed by atoms with Crippen LogP contribution < -0.4 is 5.73 Å². The Morgan fingerprint density at radius 2 is 2.50 bits per heavy atom. The summed E-state index contributed by atoms with van der Waals surface area (Å²) in [5.74, 6) is 0. The first-order valence-corrected chi connectivity index (χ1v) is 2.63. The van der Waals surface area contributed by atoms with Crippen molar-refractivity contribution in [2.75, 3.05) is 0 Å². The van der Waals surface area contributed by atoms with Crippen LogP contribution in [0.25, 0.3) is 0 Å². The highest BCUT2D eigenvalue weighted by atomic mass is 32.2. The molecule has 0 saturated heterocycles. The van der Waals surface area contributed by atoms with Gasteiger partial charge < -0.3 is 5.73 Å². The molecule has 34 valence electrons. The van der Waals surface area contributed by atoms with Crippen LogP contribution in [-0.4, -0.2) is 4.32 Å². The van der Waals surface area contributed by atoms with E-state index in [1.165, 1.54) is 11.8 Å². The van der Waals surface area contributed by atoms with E-state index in [1.54, 1.807) is 5.41 Å². The Morgan fingerprint density at radius 1 is 2.00 bits per heavy atom.